The number of aromatic nitrogens is 3. The molecule has 1 aromatic heterocycles. The normalized spacial score (nSPS) is 15.2. The van der Waals surface area contributed by atoms with Gasteiger partial charge < -0.3 is 4.57 Å². The minimum absolute atomic E-state index is 0.167. The van der Waals surface area contributed by atoms with Crippen LogP contribution in [0, 0.1) is 0 Å². The molecule has 1 aliphatic rings. The summed E-state index contributed by atoms with van der Waals surface area (Å²) in [7, 11) is 0. The van der Waals surface area contributed by atoms with Gasteiger partial charge in [0.25, 0.3) is 0 Å². The first-order valence-electron chi connectivity index (χ1n) is 7.84. The molecule has 23 heavy (non-hydrogen) atoms. The molecule has 2 rings (SSSR count). The third-order valence-electron chi connectivity index (χ3n) is 3.74. The van der Waals surface area contributed by atoms with Gasteiger partial charge in [0.15, 0.2) is 5.16 Å². The van der Waals surface area contributed by atoms with Crippen molar-refractivity contribution in [2.45, 2.75) is 56.6 Å². The van der Waals surface area contributed by atoms with Gasteiger partial charge in [0.05, 0.1) is 5.75 Å². The van der Waals surface area contributed by atoms with Gasteiger partial charge in [0, 0.05) is 19.4 Å². The van der Waals surface area contributed by atoms with Crippen molar-refractivity contribution in [1.29, 1.82) is 0 Å². The highest BCUT2D eigenvalue weighted by molar-refractivity contribution is 7.99. The Balaban J connectivity index is 2.00. The minimum atomic E-state index is -0.308. The molecule has 0 bridgehead atoms. The highest BCUT2D eigenvalue weighted by Gasteiger charge is 2.23. The van der Waals surface area contributed by atoms with E-state index in [-0.39, 0.29) is 17.6 Å². The number of amides is 2. The monoisotopic (exact) mass is 337 g/mol. The summed E-state index contributed by atoms with van der Waals surface area (Å²) in [6, 6.07) is 0. The van der Waals surface area contributed by atoms with E-state index in [1.807, 2.05) is 10.6 Å². The lowest BCUT2D eigenvalue weighted by Gasteiger charge is -2.21. The molecule has 0 aromatic carbocycles. The van der Waals surface area contributed by atoms with Gasteiger partial charge in [0.2, 0.25) is 11.8 Å². The minimum Gasteiger partial charge on any atom is -0.302 e. The molecule has 1 fully saturated rings. The van der Waals surface area contributed by atoms with Gasteiger partial charge in [-0.15, -0.1) is 16.8 Å². The number of hydrazine groups is 1. The number of hydrogen-bond donors (Lipinski definition) is 2. The number of nitrogens with zero attached hydrogens (tertiary/aromatic N) is 3. The van der Waals surface area contributed by atoms with E-state index < -0.39 is 0 Å². The Kier molecular flexibility index (Phi) is 6.64. The molecule has 0 radical (unpaired) electrons. The van der Waals surface area contributed by atoms with Crippen LogP contribution >= 0.6 is 11.8 Å². The number of hydrogen-bond acceptors (Lipinski definition) is 5. The Labute approximate surface area is 140 Å². The lowest BCUT2D eigenvalue weighted by atomic mass is 9.89. The second-order valence-electron chi connectivity index (χ2n) is 5.59. The van der Waals surface area contributed by atoms with Crippen LogP contribution in [-0.4, -0.2) is 32.3 Å². The smallest absolute Gasteiger partial charge is 0.248 e. The first kappa shape index (κ1) is 17.5. The van der Waals surface area contributed by atoms with E-state index in [0.717, 1.165) is 18.7 Å². The molecular formula is C15H23N5O2S. The van der Waals surface area contributed by atoms with E-state index in [4.69, 9.17) is 0 Å². The first-order valence-corrected chi connectivity index (χ1v) is 8.82. The summed E-state index contributed by atoms with van der Waals surface area (Å²) < 4.78 is 2.04. The van der Waals surface area contributed by atoms with Gasteiger partial charge in [-0.05, 0) is 12.8 Å². The zero-order valence-corrected chi connectivity index (χ0v) is 14.2. The third kappa shape index (κ3) is 5.09. The summed E-state index contributed by atoms with van der Waals surface area (Å²) in [5.74, 6) is 1.02. The van der Waals surface area contributed by atoms with E-state index in [1.165, 1.54) is 37.9 Å². The van der Waals surface area contributed by atoms with Crippen molar-refractivity contribution in [3.8, 4) is 0 Å². The molecular weight excluding hydrogens is 314 g/mol. The molecule has 0 atom stereocenters. The van der Waals surface area contributed by atoms with Crippen LogP contribution in [0.5, 0.6) is 0 Å². The summed E-state index contributed by atoms with van der Waals surface area (Å²) >= 11 is 1.31. The molecule has 7 nitrogen and oxygen atoms in total. The highest BCUT2D eigenvalue weighted by Crippen LogP contribution is 2.33. The van der Waals surface area contributed by atoms with Gasteiger partial charge in [-0.2, -0.15) is 0 Å². The zero-order chi connectivity index (χ0) is 16.7. The lowest BCUT2D eigenvalue weighted by Crippen LogP contribution is -2.41. The molecule has 126 valence electrons. The molecule has 1 aromatic rings. The van der Waals surface area contributed by atoms with Crippen LogP contribution in [0.1, 0.15) is 50.8 Å². The zero-order valence-electron chi connectivity index (χ0n) is 13.4. The molecule has 8 heteroatoms. The van der Waals surface area contributed by atoms with Crippen LogP contribution in [0.4, 0.5) is 0 Å². The summed E-state index contributed by atoms with van der Waals surface area (Å²) in [6.07, 6.45) is 7.85. The molecule has 2 amide bonds. The number of nitrogens with one attached hydrogen (secondary N) is 2. The van der Waals surface area contributed by atoms with Crippen molar-refractivity contribution in [1.82, 2.24) is 25.6 Å². The maximum Gasteiger partial charge on any atom is 0.248 e. The number of thioether (sulfide) groups is 1. The van der Waals surface area contributed by atoms with Crippen molar-refractivity contribution in [2.24, 2.45) is 0 Å². The fourth-order valence-electron chi connectivity index (χ4n) is 2.69. The van der Waals surface area contributed by atoms with Crippen LogP contribution in [0.2, 0.25) is 0 Å². The summed E-state index contributed by atoms with van der Waals surface area (Å²) in [4.78, 5) is 22.4. The predicted molar refractivity (Wildman–Crippen MR) is 88.7 cm³/mol. The van der Waals surface area contributed by atoms with Gasteiger partial charge in [-0.3, -0.25) is 20.4 Å². The molecule has 2 N–H and O–H groups in total. The van der Waals surface area contributed by atoms with Crippen LogP contribution in [0.3, 0.4) is 0 Å². The Bertz CT molecular complexity index is 566. The largest absolute Gasteiger partial charge is 0.302 e. The number of carbonyl (C=O) groups is 2. The fourth-order valence-corrected chi connectivity index (χ4v) is 3.45. The molecule has 1 aliphatic carbocycles. The highest BCUT2D eigenvalue weighted by atomic mass is 32.2. The third-order valence-corrected chi connectivity index (χ3v) is 4.70. The molecule has 0 spiro atoms. The van der Waals surface area contributed by atoms with Gasteiger partial charge >= 0.3 is 0 Å². The number of rotatable bonds is 6. The van der Waals surface area contributed by atoms with E-state index in [0.29, 0.717) is 17.6 Å². The molecule has 0 saturated heterocycles. The van der Waals surface area contributed by atoms with Crippen LogP contribution in [0.25, 0.3) is 0 Å². The van der Waals surface area contributed by atoms with Crippen molar-refractivity contribution >= 4 is 23.6 Å². The number of carbonyl (C=O) groups excluding carboxylic acids is 2. The van der Waals surface area contributed by atoms with Crippen molar-refractivity contribution in [2.75, 3.05) is 5.75 Å². The SMILES string of the molecule is C=CCn1c(SCC(=O)NNC(C)=O)nnc1C1CCCCC1. The van der Waals surface area contributed by atoms with Gasteiger partial charge in [-0.1, -0.05) is 37.1 Å². The van der Waals surface area contributed by atoms with E-state index in [1.54, 1.807) is 0 Å². The van der Waals surface area contributed by atoms with E-state index in [9.17, 15) is 9.59 Å². The standard InChI is InChI=1S/C15H23N5O2S/c1-3-9-20-14(12-7-5-4-6-8-12)18-19-15(20)23-10-13(22)17-16-11(2)21/h3,12H,1,4-10H2,2H3,(H,16,21)(H,17,22). The maximum absolute atomic E-state index is 11.7. The van der Waals surface area contributed by atoms with Gasteiger partial charge in [-0.25, -0.2) is 0 Å². The maximum atomic E-state index is 11.7. The first-order chi connectivity index (χ1) is 11.1. The predicted octanol–water partition coefficient (Wildman–Crippen LogP) is 1.77. The molecule has 1 heterocycles. The van der Waals surface area contributed by atoms with Crippen LogP contribution in [-0.2, 0) is 16.1 Å². The molecule has 0 aliphatic heterocycles. The van der Waals surface area contributed by atoms with Crippen molar-refractivity contribution in [3.63, 3.8) is 0 Å². The quantitative estimate of drug-likeness (QED) is 0.469. The summed E-state index contributed by atoms with van der Waals surface area (Å²) in [6.45, 7) is 5.77. The summed E-state index contributed by atoms with van der Waals surface area (Å²) in [5.41, 5.74) is 4.60. The second kappa shape index (κ2) is 8.71. The Morgan fingerprint density at radius 1 is 1.30 bits per heavy atom. The Hall–Kier alpha value is -1.83. The Morgan fingerprint density at radius 2 is 2.04 bits per heavy atom. The summed E-state index contributed by atoms with van der Waals surface area (Å²) in [5, 5.41) is 9.30. The van der Waals surface area contributed by atoms with Crippen molar-refractivity contribution in [3.05, 3.63) is 18.5 Å². The van der Waals surface area contributed by atoms with Gasteiger partial charge in [0.1, 0.15) is 5.82 Å². The molecule has 0 unspecified atom stereocenters. The van der Waals surface area contributed by atoms with E-state index >= 15 is 0 Å². The van der Waals surface area contributed by atoms with Crippen LogP contribution in [0.15, 0.2) is 17.8 Å². The number of allylic oxidation sites excluding steroid dienone is 1. The van der Waals surface area contributed by atoms with Crippen LogP contribution < -0.4 is 10.9 Å². The van der Waals surface area contributed by atoms with Crippen molar-refractivity contribution < 1.29 is 9.59 Å². The topological polar surface area (TPSA) is 88.9 Å². The average molecular weight is 337 g/mol. The lowest BCUT2D eigenvalue weighted by molar-refractivity contribution is -0.126. The average Bonchev–Trinajstić information content (AvgIpc) is 2.95. The Morgan fingerprint density at radius 3 is 2.70 bits per heavy atom. The van der Waals surface area contributed by atoms with E-state index in [2.05, 4.69) is 27.6 Å². The molecule has 1 saturated carbocycles. The second-order valence-corrected chi connectivity index (χ2v) is 6.54. The fraction of sp³-hybridized carbons (Fsp3) is 0.600.